The Balaban J connectivity index is 1.85. The van der Waals surface area contributed by atoms with Gasteiger partial charge in [0.15, 0.2) is 0 Å². The van der Waals surface area contributed by atoms with Crippen LogP contribution in [-0.4, -0.2) is 33.4 Å². The average molecular weight is 266 g/mol. The van der Waals surface area contributed by atoms with E-state index < -0.39 is 5.60 Å². The maximum Gasteiger partial charge on any atom is 0.271 e. The number of carbonyl (C=O) groups is 1. The number of nitrogen functional groups attached to an aromatic ring is 1. The van der Waals surface area contributed by atoms with Crippen molar-refractivity contribution in [3.05, 3.63) is 11.9 Å². The summed E-state index contributed by atoms with van der Waals surface area (Å²) in [7, 11) is 0. The molecule has 106 valence electrons. The third kappa shape index (κ3) is 3.26. The topological polar surface area (TPSA) is 104 Å². The van der Waals surface area contributed by atoms with E-state index in [9.17, 15) is 9.90 Å². The molecule has 0 unspecified atom stereocenters. The van der Waals surface area contributed by atoms with Crippen molar-refractivity contribution in [2.24, 2.45) is 5.92 Å². The summed E-state index contributed by atoms with van der Waals surface area (Å²) < 4.78 is 0. The minimum atomic E-state index is -0.782. The van der Waals surface area contributed by atoms with Gasteiger partial charge in [-0.05, 0) is 31.6 Å². The molecule has 1 aliphatic carbocycles. The van der Waals surface area contributed by atoms with Crippen molar-refractivity contribution in [3.8, 4) is 0 Å². The molecular weight excluding hydrogens is 244 g/mol. The molecule has 19 heavy (non-hydrogen) atoms. The van der Waals surface area contributed by atoms with Gasteiger partial charge >= 0.3 is 0 Å². The lowest BCUT2D eigenvalue weighted by Crippen LogP contribution is -2.45. The standard InChI is InChI=1S/C13H22N4O2/c1-2-9-3-5-13(19,6-4-9)8-15-12(18)11-10(14)7-16-17-11/h7,9,19H,2-6,8,14H2,1H3,(H,15,18)(H,16,17). The SMILES string of the molecule is CCC1CCC(O)(CNC(=O)c2[nH]ncc2N)CC1. The Morgan fingerprint density at radius 2 is 2.32 bits per heavy atom. The quantitative estimate of drug-likeness (QED) is 0.654. The fourth-order valence-electron chi connectivity index (χ4n) is 2.61. The molecule has 0 aliphatic heterocycles. The van der Waals surface area contributed by atoms with Crippen LogP contribution in [0.3, 0.4) is 0 Å². The number of nitrogens with two attached hydrogens (primary N) is 1. The van der Waals surface area contributed by atoms with Gasteiger partial charge < -0.3 is 16.2 Å². The van der Waals surface area contributed by atoms with Gasteiger partial charge in [-0.1, -0.05) is 13.3 Å². The minimum absolute atomic E-state index is 0.255. The van der Waals surface area contributed by atoms with Gasteiger partial charge in [-0.2, -0.15) is 5.10 Å². The number of hydrogen-bond acceptors (Lipinski definition) is 4. The van der Waals surface area contributed by atoms with Crippen molar-refractivity contribution < 1.29 is 9.90 Å². The van der Waals surface area contributed by atoms with Crippen LogP contribution in [0.4, 0.5) is 5.69 Å². The predicted octanol–water partition coefficient (Wildman–Crippen LogP) is 1.05. The van der Waals surface area contributed by atoms with Crippen LogP contribution < -0.4 is 11.1 Å². The van der Waals surface area contributed by atoms with Gasteiger partial charge in [-0.15, -0.1) is 0 Å². The van der Waals surface area contributed by atoms with E-state index in [1.165, 1.54) is 6.20 Å². The molecule has 0 atom stereocenters. The third-order valence-electron chi connectivity index (χ3n) is 4.09. The highest BCUT2D eigenvalue weighted by Gasteiger charge is 2.33. The van der Waals surface area contributed by atoms with Crippen molar-refractivity contribution in [2.75, 3.05) is 12.3 Å². The van der Waals surface area contributed by atoms with Crippen molar-refractivity contribution >= 4 is 11.6 Å². The normalized spacial score (nSPS) is 27.2. The number of amides is 1. The number of anilines is 1. The van der Waals surface area contributed by atoms with Crippen molar-refractivity contribution in [3.63, 3.8) is 0 Å². The molecule has 1 heterocycles. The molecule has 0 bridgehead atoms. The molecule has 6 heteroatoms. The highest BCUT2D eigenvalue weighted by molar-refractivity contribution is 5.96. The number of nitrogens with one attached hydrogen (secondary N) is 2. The first kappa shape index (κ1) is 13.9. The molecule has 0 aromatic carbocycles. The van der Waals surface area contributed by atoms with Crippen LogP contribution in [0.15, 0.2) is 6.20 Å². The molecule has 2 rings (SSSR count). The van der Waals surface area contributed by atoms with Crippen LogP contribution in [0.25, 0.3) is 0 Å². The zero-order chi connectivity index (χ0) is 13.9. The fraction of sp³-hybridized carbons (Fsp3) is 0.692. The van der Waals surface area contributed by atoms with E-state index in [-0.39, 0.29) is 18.1 Å². The number of aromatic nitrogens is 2. The van der Waals surface area contributed by atoms with E-state index >= 15 is 0 Å². The summed E-state index contributed by atoms with van der Waals surface area (Å²) in [6.45, 7) is 2.44. The lowest BCUT2D eigenvalue weighted by molar-refractivity contribution is -0.00789. The largest absolute Gasteiger partial charge is 0.396 e. The van der Waals surface area contributed by atoms with E-state index in [2.05, 4.69) is 22.4 Å². The predicted molar refractivity (Wildman–Crippen MR) is 72.5 cm³/mol. The van der Waals surface area contributed by atoms with Crippen LogP contribution >= 0.6 is 0 Å². The Kier molecular flexibility index (Phi) is 4.09. The van der Waals surface area contributed by atoms with Gasteiger partial charge in [0.2, 0.25) is 0 Å². The van der Waals surface area contributed by atoms with Crippen LogP contribution in [0.1, 0.15) is 49.5 Å². The van der Waals surface area contributed by atoms with Gasteiger partial charge in [0, 0.05) is 6.54 Å². The molecule has 1 aromatic heterocycles. The van der Waals surface area contributed by atoms with Crippen LogP contribution in [0.2, 0.25) is 0 Å². The second-order valence-electron chi connectivity index (χ2n) is 5.46. The first-order chi connectivity index (χ1) is 9.04. The average Bonchev–Trinajstić information content (AvgIpc) is 2.83. The molecule has 0 saturated heterocycles. The molecule has 1 aromatic rings. The molecule has 0 spiro atoms. The minimum Gasteiger partial charge on any atom is -0.396 e. The summed E-state index contributed by atoms with van der Waals surface area (Å²) >= 11 is 0. The Morgan fingerprint density at radius 1 is 1.63 bits per heavy atom. The number of H-pyrrole nitrogens is 1. The maximum absolute atomic E-state index is 11.9. The summed E-state index contributed by atoms with van der Waals surface area (Å²) in [4.78, 5) is 11.9. The van der Waals surface area contributed by atoms with E-state index in [0.29, 0.717) is 11.6 Å². The van der Waals surface area contributed by atoms with E-state index in [1.54, 1.807) is 0 Å². The van der Waals surface area contributed by atoms with Crippen molar-refractivity contribution in [1.82, 2.24) is 15.5 Å². The van der Waals surface area contributed by atoms with Crippen LogP contribution in [0, 0.1) is 5.92 Å². The summed E-state index contributed by atoms with van der Waals surface area (Å²) in [5, 5.41) is 19.4. The second-order valence-corrected chi connectivity index (χ2v) is 5.46. The first-order valence-corrected chi connectivity index (χ1v) is 6.83. The zero-order valence-corrected chi connectivity index (χ0v) is 11.3. The zero-order valence-electron chi connectivity index (χ0n) is 11.3. The molecule has 1 saturated carbocycles. The van der Waals surface area contributed by atoms with Gasteiger partial charge in [-0.3, -0.25) is 9.89 Å². The van der Waals surface area contributed by atoms with Gasteiger partial charge in [0.05, 0.1) is 17.5 Å². The highest BCUT2D eigenvalue weighted by atomic mass is 16.3. The van der Waals surface area contributed by atoms with Crippen molar-refractivity contribution in [1.29, 1.82) is 0 Å². The Morgan fingerprint density at radius 3 is 2.84 bits per heavy atom. The Hall–Kier alpha value is -1.56. The maximum atomic E-state index is 11.9. The van der Waals surface area contributed by atoms with Crippen molar-refractivity contribution in [2.45, 2.75) is 44.6 Å². The second kappa shape index (κ2) is 5.61. The summed E-state index contributed by atoms with van der Waals surface area (Å²) in [6.07, 6.45) is 6.09. The smallest absolute Gasteiger partial charge is 0.271 e. The van der Waals surface area contributed by atoms with Gasteiger partial charge in [0.1, 0.15) is 5.69 Å². The molecule has 6 nitrogen and oxygen atoms in total. The number of aromatic amines is 1. The fourth-order valence-corrected chi connectivity index (χ4v) is 2.61. The lowest BCUT2D eigenvalue weighted by atomic mass is 9.78. The summed E-state index contributed by atoms with van der Waals surface area (Å²) in [5.74, 6) is 0.389. The van der Waals surface area contributed by atoms with Crippen LogP contribution in [0.5, 0.6) is 0 Å². The number of nitrogens with zero attached hydrogens (tertiary/aromatic N) is 1. The van der Waals surface area contributed by atoms with E-state index in [4.69, 9.17) is 5.73 Å². The first-order valence-electron chi connectivity index (χ1n) is 6.83. The molecule has 0 radical (unpaired) electrons. The van der Waals surface area contributed by atoms with Crippen LogP contribution in [-0.2, 0) is 0 Å². The number of carbonyl (C=O) groups excluding carboxylic acids is 1. The third-order valence-corrected chi connectivity index (χ3v) is 4.09. The summed E-state index contributed by atoms with van der Waals surface area (Å²) in [5.41, 5.74) is 5.39. The number of hydrogen-bond donors (Lipinski definition) is 4. The Labute approximate surface area is 112 Å². The summed E-state index contributed by atoms with van der Waals surface area (Å²) in [6, 6.07) is 0. The molecular formula is C13H22N4O2. The monoisotopic (exact) mass is 266 g/mol. The van der Waals surface area contributed by atoms with Gasteiger partial charge in [-0.25, -0.2) is 0 Å². The number of rotatable bonds is 4. The van der Waals surface area contributed by atoms with E-state index in [0.717, 1.165) is 32.1 Å². The molecule has 1 amide bonds. The van der Waals surface area contributed by atoms with Gasteiger partial charge in [0.25, 0.3) is 5.91 Å². The molecule has 1 aliphatic rings. The molecule has 1 fully saturated rings. The highest BCUT2D eigenvalue weighted by Crippen LogP contribution is 2.33. The Bertz CT molecular complexity index is 436. The molecule has 5 N–H and O–H groups in total. The van der Waals surface area contributed by atoms with E-state index in [1.807, 2.05) is 0 Å². The lowest BCUT2D eigenvalue weighted by Gasteiger charge is -2.35. The number of aliphatic hydroxyl groups is 1.